The van der Waals surface area contributed by atoms with Crippen LogP contribution in [0.25, 0.3) is 0 Å². The van der Waals surface area contributed by atoms with Crippen LogP contribution < -0.4 is 0 Å². The molecule has 0 radical (unpaired) electrons. The number of rotatable bonds is 2. The molecule has 0 unspecified atom stereocenters. The van der Waals surface area contributed by atoms with E-state index in [1.54, 1.807) is 16.7 Å². The Kier molecular flexibility index (Phi) is 2.90. The molecule has 5 heteroatoms. The van der Waals surface area contributed by atoms with Crippen LogP contribution in [0, 0.1) is 0 Å². The molecule has 2 rings (SSSR count). The first-order valence-electron chi connectivity index (χ1n) is 5.31. The Labute approximate surface area is 89.0 Å². The normalized spacial score (nSPS) is 26.5. The Morgan fingerprint density at radius 1 is 1.47 bits per heavy atom. The van der Waals surface area contributed by atoms with Crippen molar-refractivity contribution < 1.29 is 14.3 Å². The molecule has 0 saturated carbocycles. The quantitative estimate of drug-likeness (QED) is 0.578. The summed E-state index contributed by atoms with van der Waals surface area (Å²) in [5.74, 6) is 0.182. The summed E-state index contributed by atoms with van der Waals surface area (Å²) in [4.78, 5) is 26.4. The van der Waals surface area contributed by atoms with Gasteiger partial charge in [0, 0.05) is 39.5 Å². The fourth-order valence-electron chi connectivity index (χ4n) is 1.79. The largest absolute Gasteiger partial charge is 0.371 e. The fourth-order valence-corrected chi connectivity index (χ4v) is 1.79. The predicted molar refractivity (Wildman–Crippen MR) is 53.2 cm³/mol. The van der Waals surface area contributed by atoms with Crippen molar-refractivity contribution in [1.82, 2.24) is 9.80 Å². The number of epoxide rings is 1. The molecule has 5 nitrogen and oxygen atoms in total. The molecule has 2 aliphatic heterocycles. The molecule has 0 aromatic carbocycles. The lowest BCUT2D eigenvalue weighted by atomic mass is 10.3. The van der Waals surface area contributed by atoms with Crippen molar-refractivity contribution in [3.63, 3.8) is 0 Å². The Bertz CT molecular complexity index is 276. The van der Waals surface area contributed by atoms with Gasteiger partial charge in [-0.1, -0.05) is 0 Å². The zero-order valence-corrected chi connectivity index (χ0v) is 8.94. The molecular formula is C10H16N2O3. The lowest BCUT2D eigenvalue weighted by Crippen LogP contribution is -2.36. The van der Waals surface area contributed by atoms with Gasteiger partial charge >= 0.3 is 0 Å². The van der Waals surface area contributed by atoms with Gasteiger partial charge in [0.25, 0.3) is 0 Å². The Hall–Kier alpha value is -1.10. The Morgan fingerprint density at radius 3 is 2.80 bits per heavy atom. The second-order valence-corrected chi connectivity index (χ2v) is 4.05. The lowest BCUT2D eigenvalue weighted by Gasteiger charge is -2.20. The molecule has 0 spiro atoms. The fraction of sp³-hybridized carbons (Fsp3) is 0.800. The smallest absolute Gasteiger partial charge is 0.224 e. The van der Waals surface area contributed by atoms with E-state index in [1.165, 1.54) is 0 Å². The summed E-state index contributed by atoms with van der Waals surface area (Å²) in [5.41, 5.74) is 0. The number of carbonyl (C=O) groups is 2. The van der Waals surface area contributed by atoms with Crippen molar-refractivity contribution in [2.45, 2.75) is 19.4 Å². The van der Waals surface area contributed by atoms with Gasteiger partial charge in [0.05, 0.1) is 12.7 Å². The second kappa shape index (κ2) is 4.18. The molecule has 15 heavy (non-hydrogen) atoms. The second-order valence-electron chi connectivity index (χ2n) is 4.05. The van der Waals surface area contributed by atoms with Gasteiger partial charge in [0.2, 0.25) is 11.8 Å². The number of hydrogen-bond acceptors (Lipinski definition) is 3. The summed E-state index contributed by atoms with van der Waals surface area (Å²) in [6, 6.07) is 0. The van der Waals surface area contributed by atoms with Crippen molar-refractivity contribution in [2.75, 3.05) is 32.8 Å². The maximum atomic E-state index is 11.7. The third kappa shape index (κ3) is 2.68. The van der Waals surface area contributed by atoms with Crippen molar-refractivity contribution in [2.24, 2.45) is 0 Å². The van der Waals surface area contributed by atoms with Crippen LogP contribution >= 0.6 is 0 Å². The van der Waals surface area contributed by atoms with E-state index in [1.807, 2.05) is 0 Å². The molecule has 2 amide bonds. The highest BCUT2D eigenvalue weighted by Gasteiger charge is 2.29. The highest BCUT2D eigenvalue weighted by molar-refractivity contribution is 5.79. The maximum Gasteiger partial charge on any atom is 0.224 e. The van der Waals surface area contributed by atoms with E-state index in [2.05, 4.69) is 0 Å². The predicted octanol–water partition coefficient (Wildman–Crippen LogP) is -0.534. The van der Waals surface area contributed by atoms with E-state index in [4.69, 9.17) is 4.74 Å². The summed E-state index contributed by atoms with van der Waals surface area (Å²) in [5, 5.41) is 0. The molecule has 2 heterocycles. The van der Waals surface area contributed by atoms with Crippen LogP contribution in [0.5, 0.6) is 0 Å². The van der Waals surface area contributed by atoms with Crippen molar-refractivity contribution in [3.05, 3.63) is 0 Å². The standard InChI is InChI=1S/C10H16N2O3/c1-8(13)11-3-2-10(14)12(5-4-11)6-9-7-15-9/h9H,2-7H2,1H3/t9-/m0/s1. The number of amides is 2. The number of carbonyl (C=O) groups excluding carboxylic acids is 2. The van der Waals surface area contributed by atoms with E-state index in [-0.39, 0.29) is 17.9 Å². The molecule has 1 atom stereocenters. The monoisotopic (exact) mass is 212 g/mol. The Morgan fingerprint density at radius 2 is 2.20 bits per heavy atom. The first-order valence-corrected chi connectivity index (χ1v) is 5.31. The molecular weight excluding hydrogens is 196 g/mol. The van der Waals surface area contributed by atoms with Gasteiger partial charge in [-0.3, -0.25) is 9.59 Å². The average Bonchev–Trinajstić information content (AvgIpc) is 2.98. The summed E-state index contributed by atoms with van der Waals surface area (Å²) in [7, 11) is 0. The first kappa shape index (κ1) is 10.4. The summed E-state index contributed by atoms with van der Waals surface area (Å²) < 4.78 is 5.10. The van der Waals surface area contributed by atoms with E-state index < -0.39 is 0 Å². The molecule has 2 saturated heterocycles. The van der Waals surface area contributed by atoms with Crippen LogP contribution in [-0.2, 0) is 14.3 Å². The van der Waals surface area contributed by atoms with Gasteiger partial charge in [-0.15, -0.1) is 0 Å². The molecule has 2 fully saturated rings. The topological polar surface area (TPSA) is 53.2 Å². The van der Waals surface area contributed by atoms with E-state index >= 15 is 0 Å². The van der Waals surface area contributed by atoms with Crippen LogP contribution in [0.1, 0.15) is 13.3 Å². The summed E-state index contributed by atoms with van der Waals surface area (Å²) in [6.07, 6.45) is 0.671. The first-order chi connectivity index (χ1) is 7.16. The molecule has 0 aliphatic carbocycles. The molecule has 2 aliphatic rings. The zero-order valence-electron chi connectivity index (χ0n) is 8.94. The zero-order chi connectivity index (χ0) is 10.8. The van der Waals surface area contributed by atoms with Crippen molar-refractivity contribution in [1.29, 1.82) is 0 Å². The van der Waals surface area contributed by atoms with Gasteiger partial charge in [-0.2, -0.15) is 0 Å². The maximum absolute atomic E-state index is 11.7. The minimum atomic E-state index is 0.0484. The van der Waals surface area contributed by atoms with Gasteiger partial charge in [0.15, 0.2) is 0 Å². The number of hydrogen-bond donors (Lipinski definition) is 0. The molecule has 0 bridgehead atoms. The van der Waals surface area contributed by atoms with Gasteiger partial charge in [0.1, 0.15) is 0 Å². The van der Waals surface area contributed by atoms with Gasteiger partial charge < -0.3 is 14.5 Å². The molecule has 0 aromatic rings. The van der Waals surface area contributed by atoms with E-state index in [0.29, 0.717) is 32.6 Å². The third-order valence-corrected chi connectivity index (χ3v) is 2.86. The van der Waals surface area contributed by atoms with E-state index in [9.17, 15) is 9.59 Å². The average molecular weight is 212 g/mol. The Balaban J connectivity index is 1.90. The van der Waals surface area contributed by atoms with Crippen LogP contribution in [0.15, 0.2) is 0 Å². The van der Waals surface area contributed by atoms with Crippen LogP contribution in [0.2, 0.25) is 0 Å². The van der Waals surface area contributed by atoms with Crippen molar-refractivity contribution >= 4 is 11.8 Å². The molecule has 0 aromatic heterocycles. The van der Waals surface area contributed by atoms with E-state index in [0.717, 1.165) is 6.61 Å². The van der Waals surface area contributed by atoms with Gasteiger partial charge in [-0.05, 0) is 0 Å². The SMILES string of the molecule is CC(=O)N1CCC(=O)N(C[C@H]2CO2)CC1. The minimum Gasteiger partial charge on any atom is -0.371 e. The summed E-state index contributed by atoms with van der Waals surface area (Å²) in [6.45, 7) is 4.83. The van der Waals surface area contributed by atoms with Gasteiger partial charge in [-0.25, -0.2) is 0 Å². The molecule has 84 valence electrons. The number of ether oxygens (including phenoxy) is 1. The van der Waals surface area contributed by atoms with Crippen LogP contribution in [0.3, 0.4) is 0 Å². The number of nitrogens with zero attached hydrogens (tertiary/aromatic N) is 2. The van der Waals surface area contributed by atoms with Crippen molar-refractivity contribution in [3.8, 4) is 0 Å². The van der Waals surface area contributed by atoms with Crippen LogP contribution in [-0.4, -0.2) is 60.5 Å². The summed E-state index contributed by atoms with van der Waals surface area (Å²) >= 11 is 0. The molecule has 0 N–H and O–H groups in total. The highest BCUT2D eigenvalue weighted by atomic mass is 16.6. The highest BCUT2D eigenvalue weighted by Crippen LogP contribution is 2.13. The lowest BCUT2D eigenvalue weighted by molar-refractivity contribution is -0.130. The third-order valence-electron chi connectivity index (χ3n) is 2.86. The minimum absolute atomic E-state index is 0.0484. The van der Waals surface area contributed by atoms with Crippen LogP contribution in [0.4, 0.5) is 0 Å².